The predicted molar refractivity (Wildman–Crippen MR) is 74.5 cm³/mol. The Balaban J connectivity index is 2.05. The van der Waals surface area contributed by atoms with Gasteiger partial charge in [-0.15, -0.1) is 11.3 Å². The molecule has 1 unspecified atom stereocenters. The Hall–Kier alpha value is -1.69. The van der Waals surface area contributed by atoms with Crippen molar-refractivity contribution in [1.82, 2.24) is 9.97 Å². The SMILES string of the molecule is COC(=O)C1CCCN1c1ncnc2sc(C)cc12. The molecule has 0 spiro atoms. The van der Waals surface area contributed by atoms with Gasteiger partial charge >= 0.3 is 5.97 Å². The lowest BCUT2D eigenvalue weighted by molar-refractivity contribution is -0.141. The molecule has 1 fully saturated rings. The van der Waals surface area contributed by atoms with Gasteiger partial charge in [0.2, 0.25) is 0 Å². The van der Waals surface area contributed by atoms with Crippen LogP contribution in [0, 0.1) is 6.92 Å². The molecule has 3 rings (SSSR count). The van der Waals surface area contributed by atoms with Crippen molar-refractivity contribution in [1.29, 1.82) is 0 Å². The van der Waals surface area contributed by atoms with Gasteiger partial charge in [0.25, 0.3) is 0 Å². The molecule has 0 radical (unpaired) electrons. The number of aryl methyl sites for hydroxylation is 1. The maximum absolute atomic E-state index is 11.8. The third kappa shape index (κ3) is 2.06. The molecule has 0 bridgehead atoms. The standard InChI is InChI=1S/C13H15N3O2S/c1-8-6-9-11(14-7-15-12(9)19-8)16-5-3-4-10(16)13(17)18-2/h6-7,10H,3-5H2,1-2H3. The van der Waals surface area contributed by atoms with E-state index in [-0.39, 0.29) is 12.0 Å². The molecule has 1 atom stereocenters. The quantitative estimate of drug-likeness (QED) is 0.787. The summed E-state index contributed by atoms with van der Waals surface area (Å²) in [6, 6.07) is 1.87. The van der Waals surface area contributed by atoms with Crippen LogP contribution in [0.4, 0.5) is 5.82 Å². The van der Waals surface area contributed by atoms with Crippen molar-refractivity contribution in [2.24, 2.45) is 0 Å². The van der Waals surface area contributed by atoms with E-state index >= 15 is 0 Å². The van der Waals surface area contributed by atoms with Gasteiger partial charge in [0, 0.05) is 11.4 Å². The van der Waals surface area contributed by atoms with Crippen LogP contribution in [0.2, 0.25) is 0 Å². The van der Waals surface area contributed by atoms with Crippen molar-refractivity contribution in [3.8, 4) is 0 Å². The fourth-order valence-corrected chi connectivity index (χ4v) is 3.44. The summed E-state index contributed by atoms with van der Waals surface area (Å²) in [4.78, 5) is 24.7. The van der Waals surface area contributed by atoms with Crippen molar-refractivity contribution in [3.05, 3.63) is 17.3 Å². The Morgan fingerprint density at radius 2 is 2.37 bits per heavy atom. The van der Waals surface area contributed by atoms with E-state index in [1.165, 1.54) is 12.0 Å². The minimum atomic E-state index is -0.219. The molecule has 3 heterocycles. The number of hydrogen-bond acceptors (Lipinski definition) is 6. The van der Waals surface area contributed by atoms with E-state index in [1.807, 2.05) is 4.90 Å². The summed E-state index contributed by atoms with van der Waals surface area (Å²) in [6.07, 6.45) is 3.37. The minimum absolute atomic E-state index is 0.184. The molecular formula is C13H15N3O2S. The van der Waals surface area contributed by atoms with Crippen LogP contribution >= 0.6 is 11.3 Å². The number of carbonyl (C=O) groups excluding carboxylic acids is 1. The molecule has 0 amide bonds. The van der Waals surface area contributed by atoms with Crippen LogP contribution < -0.4 is 4.90 Å². The fraction of sp³-hybridized carbons (Fsp3) is 0.462. The van der Waals surface area contributed by atoms with Crippen molar-refractivity contribution in [2.45, 2.75) is 25.8 Å². The molecular weight excluding hydrogens is 262 g/mol. The van der Waals surface area contributed by atoms with Gasteiger partial charge in [-0.25, -0.2) is 14.8 Å². The maximum Gasteiger partial charge on any atom is 0.328 e. The van der Waals surface area contributed by atoms with Crippen LogP contribution in [0.3, 0.4) is 0 Å². The second-order valence-corrected chi connectivity index (χ2v) is 5.88. The molecule has 19 heavy (non-hydrogen) atoms. The molecule has 0 aromatic carbocycles. The summed E-state index contributed by atoms with van der Waals surface area (Å²) in [6.45, 7) is 2.89. The molecule has 1 aliphatic heterocycles. The molecule has 0 N–H and O–H groups in total. The number of carbonyl (C=O) groups is 1. The zero-order chi connectivity index (χ0) is 13.4. The van der Waals surface area contributed by atoms with Gasteiger partial charge in [0.05, 0.1) is 12.5 Å². The number of nitrogens with zero attached hydrogens (tertiary/aromatic N) is 3. The second kappa shape index (κ2) is 4.77. The molecule has 0 saturated carbocycles. The Labute approximate surface area is 115 Å². The highest BCUT2D eigenvalue weighted by atomic mass is 32.1. The summed E-state index contributed by atoms with van der Waals surface area (Å²) < 4.78 is 4.88. The van der Waals surface area contributed by atoms with Gasteiger partial charge < -0.3 is 9.64 Å². The van der Waals surface area contributed by atoms with Crippen molar-refractivity contribution in [3.63, 3.8) is 0 Å². The monoisotopic (exact) mass is 277 g/mol. The molecule has 2 aromatic heterocycles. The molecule has 1 saturated heterocycles. The van der Waals surface area contributed by atoms with E-state index in [9.17, 15) is 4.79 Å². The summed E-state index contributed by atoms with van der Waals surface area (Å²) in [7, 11) is 1.43. The third-order valence-corrected chi connectivity index (χ3v) is 4.39. The first-order chi connectivity index (χ1) is 9.20. The summed E-state index contributed by atoms with van der Waals surface area (Å²) in [5, 5.41) is 1.03. The highest BCUT2D eigenvalue weighted by molar-refractivity contribution is 7.18. The van der Waals surface area contributed by atoms with Crippen LogP contribution in [-0.4, -0.2) is 35.6 Å². The molecule has 1 aliphatic rings. The smallest absolute Gasteiger partial charge is 0.328 e. The summed E-state index contributed by atoms with van der Waals surface area (Å²) >= 11 is 1.65. The number of anilines is 1. The number of rotatable bonds is 2. The Kier molecular flexibility index (Phi) is 3.10. The van der Waals surface area contributed by atoms with Gasteiger partial charge in [-0.2, -0.15) is 0 Å². The van der Waals surface area contributed by atoms with Crippen LogP contribution in [0.5, 0.6) is 0 Å². The number of aromatic nitrogens is 2. The maximum atomic E-state index is 11.8. The minimum Gasteiger partial charge on any atom is -0.467 e. The lowest BCUT2D eigenvalue weighted by atomic mass is 10.2. The van der Waals surface area contributed by atoms with E-state index in [4.69, 9.17) is 4.74 Å². The fourth-order valence-electron chi connectivity index (χ4n) is 2.59. The van der Waals surface area contributed by atoms with Crippen LogP contribution in [0.15, 0.2) is 12.4 Å². The van der Waals surface area contributed by atoms with Crippen molar-refractivity contribution >= 4 is 33.3 Å². The van der Waals surface area contributed by atoms with Gasteiger partial charge in [-0.05, 0) is 25.8 Å². The number of ether oxygens (including phenoxy) is 1. The largest absolute Gasteiger partial charge is 0.467 e. The Morgan fingerprint density at radius 3 is 3.16 bits per heavy atom. The highest BCUT2D eigenvalue weighted by Gasteiger charge is 2.33. The Morgan fingerprint density at radius 1 is 1.53 bits per heavy atom. The van der Waals surface area contributed by atoms with Crippen LogP contribution in [0.25, 0.3) is 10.2 Å². The number of esters is 1. The molecule has 0 aliphatic carbocycles. The van der Waals surface area contributed by atoms with Gasteiger partial charge in [0.1, 0.15) is 23.0 Å². The van der Waals surface area contributed by atoms with Gasteiger partial charge in [0.15, 0.2) is 0 Å². The molecule has 6 heteroatoms. The van der Waals surface area contributed by atoms with Crippen LogP contribution in [-0.2, 0) is 9.53 Å². The normalized spacial score (nSPS) is 19.1. The van der Waals surface area contributed by atoms with Crippen LogP contribution in [0.1, 0.15) is 17.7 Å². The third-order valence-electron chi connectivity index (χ3n) is 3.43. The predicted octanol–water partition coefficient (Wildman–Crippen LogP) is 2.14. The molecule has 5 nitrogen and oxygen atoms in total. The van der Waals surface area contributed by atoms with E-state index in [2.05, 4.69) is 23.0 Å². The van der Waals surface area contributed by atoms with Gasteiger partial charge in [-0.1, -0.05) is 0 Å². The average molecular weight is 277 g/mol. The number of thiophene rings is 1. The zero-order valence-electron chi connectivity index (χ0n) is 10.9. The van der Waals surface area contributed by atoms with E-state index < -0.39 is 0 Å². The molecule has 2 aromatic rings. The van der Waals surface area contributed by atoms with E-state index in [0.717, 1.165) is 35.4 Å². The average Bonchev–Trinajstić information content (AvgIpc) is 3.01. The lowest BCUT2D eigenvalue weighted by Crippen LogP contribution is -2.37. The highest BCUT2D eigenvalue weighted by Crippen LogP contribution is 2.33. The van der Waals surface area contributed by atoms with E-state index in [1.54, 1.807) is 17.7 Å². The first kappa shape index (κ1) is 12.3. The Bertz CT molecular complexity index is 625. The number of hydrogen-bond donors (Lipinski definition) is 0. The van der Waals surface area contributed by atoms with Crippen molar-refractivity contribution in [2.75, 3.05) is 18.6 Å². The first-order valence-electron chi connectivity index (χ1n) is 6.26. The summed E-state index contributed by atoms with van der Waals surface area (Å²) in [5.41, 5.74) is 0. The summed E-state index contributed by atoms with van der Waals surface area (Å²) in [5.74, 6) is 0.665. The zero-order valence-corrected chi connectivity index (χ0v) is 11.7. The first-order valence-corrected chi connectivity index (χ1v) is 7.08. The molecule has 100 valence electrons. The number of fused-ring (bicyclic) bond motifs is 1. The lowest BCUT2D eigenvalue weighted by Gasteiger charge is -2.23. The van der Waals surface area contributed by atoms with E-state index in [0.29, 0.717) is 0 Å². The number of methoxy groups -OCH3 is 1. The van der Waals surface area contributed by atoms with Crippen molar-refractivity contribution < 1.29 is 9.53 Å². The second-order valence-electron chi connectivity index (χ2n) is 4.65. The topological polar surface area (TPSA) is 55.3 Å². The van der Waals surface area contributed by atoms with Gasteiger partial charge in [-0.3, -0.25) is 0 Å².